The maximum Gasteiger partial charge on any atom is 0.243 e. The van der Waals surface area contributed by atoms with Gasteiger partial charge in [0.05, 0.1) is 10.8 Å². The number of amides is 1. The number of piperidine rings is 1. The summed E-state index contributed by atoms with van der Waals surface area (Å²) in [6.07, 6.45) is 1.35. The molecule has 0 aliphatic carbocycles. The van der Waals surface area contributed by atoms with E-state index in [2.05, 4.69) is 5.32 Å². The molecular weight excluding hydrogens is 396 g/mol. The van der Waals surface area contributed by atoms with Crippen LogP contribution in [0.1, 0.15) is 24.0 Å². The van der Waals surface area contributed by atoms with E-state index in [1.165, 1.54) is 4.31 Å². The fourth-order valence-corrected chi connectivity index (χ4v) is 5.60. The molecule has 1 aliphatic rings. The molecule has 1 fully saturated rings. The number of anilines is 1. The van der Waals surface area contributed by atoms with Crippen LogP contribution in [0.15, 0.2) is 65.6 Å². The number of nitrogens with one attached hydrogen (secondary N) is 1. The monoisotopic (exact) mass is 422 g/mol. The zero-order valence-corrected chi connectivity index (χ0v) is 18.1. The molecule has 0 saturated carbocycles. The van der Waals surface area contributed by atoms with Crippen molar-refractivity contribution in [2.24, 2.45) is 5.92 Å². The van der Waals surface area contributed by atoms with Crippen LogP contribution in [0.25, 0.3) is 10.8 Å². The van der Waals surface area contributed by atoms with Gasteiger partial charge in [-0.1, -0.05) is 48.0 Å². The van der Waals surface area contributed by atoms with Crippen molar-refractivity contribution in [1.82, 2.24) is 4.31 Å². The van der Waals surface area contributed by atoms with Crippen molar-refractivity contribution in [1.29, 1.82) is 0 Å². The third kappa shape index (κ3) is 4.11. The van der Waals surface area contributed by atoms with Crippen molar-refractivity contribution in [3.8, 4) is 0 Å². The standard InChI is InChI=1S/C24H26N2O3S/c1-17-9-12-23(18(2)14-17)25-24(27)21-8-5-13-26(16-21)30(28,29)22-11-10-19-6-3-4-7-20(19)15-22/h3-4,6-7,9-12,14-15,21H,5,8,13,16H2,1-2H3,(H,25,27)/t21-/m0/s1. The van der Waals surface area contributed by atoms with Crippen molar-refractivity contribution >= 4 is 32.4 Å². The maximum absolute atomic E-state index is 13.2. The van der Waals surface area contributed by atoms with E-state index in [1.807, 2.05) is 62.4 Å². The van der Waals surface area contributed by atoms with E-state index in [-0.39, 0.29) is 23.3 Å². The lowest BCUT2D eigenvalue weighted by Crippen LogP contribution is -2.43. The van der Waals surface area contributed by atoms with Crippen LogP contribution < -0.4 is 5.32 Å². The summed E-state index contributed by atoms with van der Waals surface area (Å²) in [5, 5.41) is 4.87. The van der Waals surface area contributed by atoms with Crippen LogP contribution in [-0.4, -0.2) is 31.7 Å². The first-order valence-electron chi connectivity index (χ1n) is 10.2. The molecule has 3 aromatic rings. The molecule has 156 valence electrons. The highest BCUT2D eigenvalue weighted by Crippen LogP contribution is 2.27. The van der Waals surface area contributed by atoms with Crippen molar-refractivity contribution in [2.45, 2.75) is 31.6 Å². The highest BCUT2D eigenvalue weighted by atomic mass is 32.2. The number of sulfonamides is 1. The molecule has 0 spiro atoms. The Labute approximate surface area is 177 Å². The summed E-state index contributed by atoms with van der Waals surface area (Å²) in [7, 11) is -3.65. The van der Waals surface area contributed by atoms with E-state index >= 15 is 0 Å². The van der Waals surface area contributed by atoms with Crippen LogP contribution in [0.5, 0.6) is 0 Å². The van der Waals surface area contributed by atoms with Crippen LogP contribution in [-0.2, 0) is 14.8 Å². The van der Waals surface area contributed by atoms with Crippen molar-refractivity contribution < 1.29 is 13.2 Å². The molecule has 1 amide bonds. The second kappa shape index (κ2) is 8.20. The summed E-state index contributed by atoms with van der Waals surface area (Å²) in [5.41, 5.74) is 2.91. The van der Waals surface area contributed by atoms with Crippen LogP contribution in [0.4, 0.5) is 5.69 Å². The first-order chi connectivity index (χ1) is 14.3. The van der Waals surface area contributed by atoms with E-state index in [4.69, 9.17) is 0 Å². The fourth-order valence-electron chi connectivity index (χ4n) is 4.04. The second-order valence-electron chi connectivity index (χ2n) is 8.02. The van der Waals surface area contributed by atoms with E-state index in [0.29, 0.717) is 19.4 Å². The summed E-state index contributed by atoms with van der Waals surface area (Å²) in [6, 6.07) is 18.8. The van der Waals surface area contributed by atoms with Gasteiger partial charge in [-0.2, -0.15) is 4.31 Å². The van der Waals surface area contributed by atoms with Gasteiger partial charge in [-0.25, -0.2) is 8.42 Å². The number of aryl methyl sites for hydroxylation is 2. The Morgan fingerprint density at radius 1 is 1.00 bits per heavy atom. The highest BCUT2D eigenvalue weighted by molar-refractivity contribution is 7.89. The molecule has 0 radical (unpaired) electrons. The molecule has 1 atom stereocenters. The van der Waals surface area contributed by atoms with E-state index in [9.17, 15) is 13.2 Å². The van der Waals surface area contributed by atoms with Crippen LogP contribution in [0.3, 0.4) is 0 Å². The van der Waals surface area contributed by atoms with E-state index in [0.717, 1.165) is 27.6 Å². The number of fused-ring (bicyclic) bond motifs is 1. The lowest BCUT2D eigenvalue weighted by molar-refractivity contribution is -0.120. The largest absolute Gasteiger partial charge is 0.326 e. The van der Waals surface area contributed by atoms with Gasteiger partial charge < -0.3 is 5.32 Å². The quantitative estimate of drug-likeness (QED) is 0.673. The Morgan fingerprint density at radius 2 is 1.77 bits per heavy atom. The van der Waals surface area contributed by atoms with Gasteiger partial charge in [0.2, 0.25) is 15.9 Å². The molecule has 1 N–H and O–H groups in total. The summed E-state index contributed by atoms with van der Waals surface area (Å²) in [4.78, 5) is 13.1. The third-order valence-corrected chi connectivity index (χ3v) is 7.61. The molecule has 0 aromatic heterocycles. The highest BCUT2D eigenvalue weighted by Gasteiger charge is 2.33. The van der Waals surface area contributed by atoms with Gasteiger partial charge in [-0.15, -0.1) is 0 Å². The molecule has 0 bridgehead atoms. The number of hydrogen-bond acceptors (Lipinski definition) is 3. The van der Waals surface area contributed by atoms with Gasteiger partial charge in [0.1, 0.15) is 0 Å². The molecular formula is C24H26N2O3S. The summed E-state index contributed by atoms with van der Waals surface area (Å²) >= 11 is 0. The maximum atomic E-state index is 13.2. The normalized spacial score (nSPS) is 17.7. The molecule has 5 nitrogen and oxygen atoms in total. The topological polar surface area (TPSA) is 66.5 Å². The lowest BCUT2D eigenvalue weighted by atomic mass is 9.98. The predicted octanol–water partition coefficient (Wildman–Crippen LogP) is 4.50. The Hall–Kier alpha value is -2.70. The Balaban J connectivity index is 1.52. The number of hydrogen-bond donors (Lipinski definition) is 1. The first-order valence-corrected chi connectivity index (χ1v) is 11.7. The van der Waals surface area contributed by atoms with Crippen LogP contribution >= 0.6 is 0 Å². The smallest absolute Gasteiger partial charge is 0.243 e. The second-order valence-corrected chi connectivity index (χ2v) is 9.96. The average Bonchev–Trinajstić information content (AvgIpc) is 2.75. The van der Waals surface area contributed by atoms with Gasteiger partial charge in [-0.3, -0.25) is 4.79 Å². The van der Waals surface area contributed by atoms with Gasteiger partial charge in [0.15, 0.2) is 0 Å². The molecule has 4 rings (SSSR count). The predicted molar refractivity (Wildman–Crippen MR) is 120 cm³/mol. The minimum atomic E-state index is -3.65. The van der Waals surface area contributed by atoms with Gasteiger partial charge >= 0.3 is 0 Å². The van der Waals surface area contributed by atoms with Gasteiger partial charge in [-0.05, 0) is 61.2 Å². The summed E-state index contributed by atoms with van der Waals surface area (Å²) < 4.78 is 27.9. The molecule has 1 saturated heterocycles. The van der Waals surface area contributed by atoms with E-state index < -0.39 is 10.0 Å². The Kier molecular flexibility index (Phi) is 5.62. The first kappa shape index (κ1) is 20.6. The van der Waals surface area contributed by atoms with Crippen LogP contribution in [0, 0.1) is 19.8 Å². The number of benzene rings is 3. The lowest BCUT2D eigenvalue weighted by Gasteiger charge is -2.31. The third-order valence-electron chi connectivity index (χ3n) is 5.75. The number of carbonyl (C=O) groups excluding carboxylic acids is 1. The van der Waals surface area contributed by atoms with Crippen molar-refractivity contribution in [2.75, 3.05) is 18.4 Å². The van der Waals surface area contributed by atoms with Crippen molar-refractivity contribution in [3.05, 3.63) is 71.8 Å². The van der Waals surface area contributed by atoms with Gasteiger partial charge in [0, 0.05) is 18.8 Å². The molecule has 0 unspecified atom stereocenters. The number of carbonyl (C=O) groups is 1. The minimum Gasteiger partial charge on any atom is -0.326 e. The molecule has 6 heteroatoms. The molecule has 1 aliphatic heterocycles. The van der Waals surface area contributed by atoms with E-state index in [1.54, 1.807) is 12.1 Å². The van der Waals surface area contributed by atoms with Crippen molar-refractivity contribution in [3.63, 3.8) is 0 Å². The fraction of sp³-hybridized carbons (Fsp3) is 0.292. The average molecular weight is 423 g/mol. The number of nitrogens with zero attached hydrogens (tertiary/aromatic N) is 1. The Bertz CT molecular complexity index is 1200. The summed E-state index contributed by atoms with van der Waals surface area (Å²) in [6.45, 7) is 4.60. The number of rotatable bonds is 4. The molecule has 1 heterocycles. The summed E-state index contributed by atoms with van der Waals surface area (Å²) in [5.74, 6) is -0.491. The molecule has 30 heavy (non-hydrogen) atoms. The zero-order chi connectivity index (χ0) is 21.3. The zero-order valence-electron chi connectivity index (χ0n) is 17.3. The minimum absolute atomic E-state index is 0.125. The Morgan fingerprint density at radius 3 is 2.53 bits per heavy atom. The molecule has 3 aromatic carbocycles. The van der Waals surface area contributed by atoms with Gasteiger partial charge in [0.25, 0.3) is 0 Å². The SMILES string of the molecule is Cc1ccc(NC(=O)[C@H]2CCCN(S(=O)(=O)c3ccc4ccccc4c3)C2)c(C)c1. The van der Waals surface area contributed by atoms with Crippen LogP contribution in [0.2, 0.25) is 0 Å².